The van der Waals surface area contributed by atoms with Gasteiger partial charge in [-0.2, -0.15) is 0 Å². The van der Waals surface area contributed by atoms with E-state index in [9.17, 15) is 50.4 Å². The summed E-state index contributed by atoms with van der Waals surface area (Å²) in [7, 11) is 0. The molecule has 312 valence electrons. The molecule has 0 aromatic heterocycles. The van der Waals surface area contributed by atoms with Crippen molar-refractivity contribution >= 4 is 11.8 Å². The minimum Gasteiger partial charge on any atom is -0.481 e. The van der Waals surface area contributed by atoms with Crippen molar-refractivity contribution in [3.8, 4) is 0 Å². The predicted octanol–water partition coefficient (Wildman–Crippen LogP) is 5.64. The van der Waals surface area contributed by atoms with Gasteiger partial charge in [-0.15, -0.1) is 0 Å². The number of fused-ring (bicyclic) bond motifs is 2. The Morgan fingerprint density at radius 1 is 0.673 bits per heavy atom. The first kappa shape index (κ1) is 50.0. The number of aliphatic hydroxyl groups excluding tert-OH is 6. The summed E-state index contributed by atoms with van der Waals surface area (Å²) in [4.78, 5) is 24.5. The second kappa shape index (κ2) is 27.6. The number of carbonyl (C=O) groups excluding carboxylic acids is 1. The molecule has 0 saturated carbocycles. The number of ketones is 1. The van der Waals surface area contributed by atoms with Gasteiger partial charge in [0.2, 0.25) is 0 Å². The van der Waals surface area contributed by atoms with Crippen molar-refractivity contribution in [3.63, 3.8) is 0 Å². The number of carboxylic acid groups (broad SMARTS) is 1. The molecule has 0 radical (unpaired) electrons. The number of ether oxygens (including phenoxy) is 1. The Labute approximate surface area is 328 Å². The van der Waals surface area contributed by atoms with Crippen molar-refractivity contribution in [1.82, 2.24) is 0 Å². The Bertz CT molecular complexity index is 1300. The molecule has 2 aliphatic heterocycles. The molecule has 8 N–H and O–H groups in total. The number of carbonyl (C=O) groups is 2. The Balaban J connectivity index is 0.00000743. The number of rotatable bonds is 1. The highest BCUT2D eigenvalue weighted by atomic mass is 16.6. The fourth-order valence-corrected chi connectivity index (χ4v) is 6.73. The third-order valence-electron chi connectivity index (χ3n) is 9.98. The van der Waals surface area contributed by atoms with Crippen LogP contribution in [0.2, 0.25) is 0 Å². The first-order valence-electron chi connectivity index (χ1n) is 20.0. The minimum atomic E-state index is -1.82. The molecule has 2 heterocycles. The Morgan fingerprint density at radius 3 is 1.78 bits per heavy atom. The van der Waals surface area contributed by atoms with E-state index >= 15 is 0 Å². The van der Waals surface area contributed by atoms with E-state index in [2.05, 4.69) is 0 Å². The molecule has 2 rings (SSSR count). The van der Waals surface area contributed by atoms with E-state index in [0.717, 1.165) is 0 Å². The highest BCUT2D eigenvalue weighted by Crippen LogP contribution is 2.37. The van der Waals surface area contributed by atoms with Gasteiger partial charge in [-0.25, -0.2) is 0 Å². The largest absolute Gasteiger partial charge is 0.481 e. The second-order valence-corrected chi connectivity index (χ2v) is 15.0. The van der Waals surface area contributed by atoms with Gasteiger partial charge in [0.1, 0.15) is 5.78 Å². The molecule has 1 fully saturated rings. The Morgan fingerprint density at radius 2 is 1.22 bits per heavy atom. The van der Waals surface area contributed by atoms with Crippen LogP contribution in [0.25, 0.3) is 0 Å². The van der Waals surface area contributed by atoms with Crippen LogP contribution in [0.3, 0.4) is 0 Å². The van der Waals surface area contributed by atoms with Gasteiger partial charge < -0.3 is 45.6 Å². The van der Waals surface area contributed by atoms with Crippen molar-refractivity contribution in [2.45, 2.75) is 154 Å². The summed E-state index contributed by atoms with van der Waals surface area (Å²) in [6, 6.07) is 0. The van der Waals surface area contributed by atoms with Crippen molar-refractivity contribution in [2.24, 2.45) is 23.7 Å². The normalized spacial score (nSPS) is 40.2. The van der Waals surface area contributed by atoms with Gasteiger partial charge in [-0.05, 0) is 50.4 Å². The summed E-state index contributed by atoms with van der Waals surface area (Å²) in [5.74, 6) is -4.24. The van der Waals surface area contributed by atoms with Crippen LogP contribution in [0.1, 0.15) is 105 Å². The lowest BCUT2D eigenvalue weighted by molar-refractivity contribution is -0.280. The average molecular weight is 775 g/mol. The summed E-state index contributed by atoms with van der Waals surface area (Å²) < 4.78 is 5.93. The maximum Gasteiger partial charge on any atom is 0.309 e. The van der Waals surface area contributed by atoms with E-state index in [0.29, 0.717) is 12.8 Å². The molecule has 12 unspecified atom stereocenters. The van der Waals surface area contributed by atoms with Crippen molar-refractivity contribution in [3.05, 3.63) is 85.1 Å². The third kappa shape index (κ3) is 21.2. The van der Waals surface area contributed by atoms with Crippen molar-refractivity contribution in [1.29, 1.82) is 0 Å². The molecule has 12 atom stereocenters. The number of hydrogen-bond acceptors (Lipinski definition) is 10. The summed E-state index contributed by atoms with van der Waals surface area (Å²) in [5, 5.41) is 84.4. The summed E-state index contributed by atoms with van der Waals surface area (Å²) in [6.07, 6.45) is 18.9. The minimum absolute atomic E-state index is 0.0229. The van der Waals surface area contributed by atoms with Gasteiger partial charge in [0, 0.05) is 38.0 Å². The lowest BCUT2D eigenvalue weighted by Crippen LogP contribution is -2.49. The van der Waals surface area contributed by atoms with Crippen LogP contribution in [0.4, 0.5) is 0 Å². The highest BCUT2D eigenvalue weighted by Gasteiger charge is 2.44. The van der Waals surface area contributed by atoms with Gasteiger partial charge in [0.05, 0.1) is 48.6 Å². The molecule has 2 bridgehead atoms. The van der Waals surface area contributed by atoms with Crippen LogP contribution in [0.5, 0.6) is 0 Å². The van der Waals surface area contributed by atoms with Crippen LogP contribution in [0.15, 0.2) is 85.1 Å². The van der Waals surface area contributed by atoms with Crippen molar-refractivity contribution in [2.75, 3.05) is 0 Å². The SMILES string of the molecule is CC.CC1/C=C/C=C/C=C/C=C/C=C/C=C/C=C/C(C)C(O)C(C)CCC(=O)CC(O)CC(O)CCC(O)C(O)CC(O)CC2(O)CCC(C(=O)O)C(C1)O2. The zero-order valence-electron chi connectivity index (χ0n) is 33.5. The molecule has 11 nitrogen and oxygen atoms in total. The standard InChI is InChI=1S/C42H64O11.C2H6/c1-29-16-14-12-10-8-6-4-5-7-9-11-13-15-17-30(2)40(49)31(3)18-19-32(43)25-34(45)26-33(44)20-21-37(47)38(48)27-35(46)28-42(52)23-22-36(41(50)51)39(24-29)53-42;1-2/h4-17,29-31,33-40,44-49,52H,18-28H2,1-3H3,(H,50,51);1-2H3/b5-4+,8-6+,9-7+,12-10+,13-11+,16-14+,17-15+;. The molecular weight excluding hydrogens is 704 g/mol. The topological polar surface area (TPSA) is 205 Å². The average Bonchev–Trinajstić information content (AvgIpc) is 3.12. The van der Waals surface area contributed by atoms with E-state index < -0.39 is 60.4 Å². The van der Waals surface area contributed by atoms with E-state index in [1.807, 2.05) is 120 Å². The van der Waals surface area contributed by atoms with E-state index in [-0.39, 0.29) is 81.3 Å². The van der Waals surface area contributed by atoms with Gasteiger partial charge in [-0.1, -0.05) is 120 Å². The second-order valence-electron chi connectivity index (χ2n) is 15.0. The molecule has 0 aliphatic carbocycles. The molecule has 2 aliphatic rings. The molecule has 0 spiro atoms. The first-order valence-corrected chi connectivity index (χ1v) is 20.0. The maximum atomic E-state index is 12.5. The zero-order chi connectivity index (χ0) is 41.4. The summed E-state index contributed by atoms with van der Waals surface area (Å²) in [6.45, 7) is 9.70. The van der Waals surface area contributed by atoms with Crippen LogP contribution < -0.4 is 0 Å². The molecular formula is C44H70O11. The summed E-state index contributed by atoms with van der Waals surface area (Å²) in [5.41, 5.74) is 0. The maximum absolute atomic E-state index is 12.5. The monoisotopic (exact) mass is 774 g/mol. The van der Waals surface area contributed by atoms with E-state index in [1.54, 1.807) is 0 Å². The number of aliphatic carboxylic acids is 1. The molecule has 11 heteroatoms. The van der Waals surface area contributed by atoms with Crippen LogP contribution in [0, 0.1) is 23.7 Å². The smallest absolute Gasteiger partial charge is 0.309 e. The number of allylic oxidation sites excluding steroid dienone is 13. The first-order chi connectivity index (χ1) is 26.1. The molecule has 1 saturated heterocycles. The quantitative estimate of drug-likeness (QED) is 0.164. The fourth-order valence-electron chi connectivity index (χ4n) is 6.73. The third-order valence-corrected chi connectivity index (χ3v) is 9.98. The molecule has 0 aromatic carbocycles. The number of aliphatic hydroxyl groups is 7. The van der Waals surface area contributed by atoms with E-state index in [1.165, 1.54) is 0 Å². The van der Waals surface area contributed by atoms with Crippen LogP contribution >= 0.6 is 0 Å². The van der Waals surface area contributed by atoms with Crippen LogP contribution in [-0.2, 0) is 14.3 Å². The van der Waals surface area contributed by atoms with Gasteiger partial charge in [-0.3, -0.25) is 9.59 Å². The highest BCUT2D eigenvalue weighted by molar-refractivity contribution is 5.78. The lowest BCUT2D eigenvalue weighted by Gasteiger charge is -2.42. The lowest BCUT2D eigenvalue weighted by atomic mass is 9.83. The van der Waals surface area contributed by atoms with Gasteiger partial charge in [0.25, 0.3) is 0 Å². The zero-order valence-corrected chi connectivity index (χ0v) is 33.5. The van der Waals surface area contributed by atoms with Gasteiger partial charge in [0.15, 0.2) is 5.79 Å². The molecule has 55 heavy (non-hydrogen) atoms. The molecule has 0 aromatic rings. The number of carboxylic acids is 1. The molecule has 0 amide bonds. The fraction of sp³-hybridized carbons (Fsp3) is 0.636. The van der Waals surface area contributed by atoms with Crippen molar-refractivity contribution < 1.29 is 55.2 Å². The van der Waals surface area contributed by atoms with E-state index in [4.69, 9.17) is 4.74 Å². The Hall–Kier alpha value is -3.00. The Kier molecular flexibility index (Phi) is 25.1. The predicted molar refractivity (Wildman–Crippen MR) is 216 cm³/mol. The van der Waals surface area contributed by atoms with Gasteiger partial charge >= 0.3 is 5.97 Å². The van der Waals surface area contributed by atoms with Crippen LogP contribution in [-0.4, -0.2) is 101 Å². The number of Topliss-reactive ketones (excluding diaryl/α,β-unsaturated/α-hetero) is 1. The number of hydrogen-bond donors (Lipinski definition) is 8. The summed E-state index contributed by atoms with van der Waals surface area (Å²) >= 11 is 0.